The first-order valence-electron chi connectivity index (χ1n) is 5.73. The molecule has 0 aromatic heterocycles. The predicted octanol–water partition coefficient (Wildman–Crippen LogP) is 1.40. The molecule has 0 fully saturated rings. The molecule has 0 unspecified atom stereocenters. The highest BCUT2D eigenvalue weighted by molar-refractivity contribution is 6.81. The van der Waals surface area contributed by atoms with Crippen molar-refractivity contribution in [2.75, 3.05) is 19.8 Å². The van der Waals surface area contributed by atoms with Crippen LogP contribution in [0.4, 0.5) is 0 Å². The van der Waals surface area contributed by atoms with Crippen LogP contribution in [0.1, 0.15) is 13.8 Å². The Balaban J connectivity index is 2.99. The molecule has 0 saturated heterocycles. The van der Waals surface area contributed by atoms with Gasteiger partial charge < -0.3 is 14.0 Å². The minimum absolute atomic E-state index is 0.0983. The topological polar surface area (TPSA) is 38.7 Å². The average molecular weight is 240 g/mol. The number of hydrogen-bond acceptors (Lipinski definition) is 3. The molecular formula is C12H20O3Si. The van der Waals surface area contributed by atoms with Gasteiger partial charge in [-0.3, -0.25) is 0 Å². The van der Waals surface area contributed by atoms with E-state index in [4.69, 9.17) is 8.85 Å². The van der Waals surface area contributed by atoms with Crippen LogP contribution in [0.15, 0.2) is 30.3 Å². The van der Waals surface area contributed by atoms with Gasteiger partial charge >= 0.3 is 8.56 Å². The van der Waals surface area contributed by atoms with E-state index in [0.717, 1.165) is 5.19 Å². The van der Waals surface area contributed by atoms with Gasteiger partial charge in [-0.25, -0.2) is 0 Å². The van der Waals surface area contributed by atoms with Gasteiger partial charge in [0.2, 0.25) is 0 Å². The van der Waals surface area contributed by atoms with Gasteiger partial charge in [0, 0.05) is 25.9 Å². The quantitative estimate of drug-likeness (QED) is 0.732. The first-order chi connectivity index (χ1) is 7.79. The fraction of sp³-hybridized carbons (Fsp3) is 0.500. The van der Waals surface area contributed by atoms with Crippen LogP contribution < -0.4 is 5.19 Å². The number of aliphatic hydroxyl groups is 1. The number of hydrogen-bond donors (Lipinski definition) is 1. The molecule has 0 radical (unpaired) electrons. The van der Waals surface area contributed by atoms with Gasteiger partial charge in [0.15, 0.2) is 0 Å². The maximum Gasteiger partial charge on any atom is 0.374 e. The highest BCUT2D eigenvalue weighted by atomic mass is 28.4. The molecule has 0 amide bonds. The SMILES string of the molecule is CCO[Si](CCO)(OCC)c1ccccc1. The number of aliphatic hydroxyl groups excluding tert-OH is 1. The van der Waals surface area contributed by atoms with Gasteiger partial charge in [-0.05, 0) is 19.0 Å². The second kappa shape index (κ2) is 6.80. The molecule has 0 heterocycles. The van der Waals surface area contributed by atoms with Crippen molar-refractivity contribution in [3.8, 4) is 0 Å². The average Bonchev–Trinajstić information content (AvgIpc) is 2.31. The lowest BCUT2D eigenvalue weighted by Gasteiger charge is -2.29. The lowest BCUT2D eigenvalue weighted by molar-refractivity contribution is 0.185. The van der Waals surface area contributed by atoms with Gasteiger partial charge in [-0.1, -0.05) is 30.3 Å². The van der Waals surface area contributed by atoms with E-state index in [0.29, 0.717) is 19.3 Å². The molecule has 0 bridgehead atoms. The maximum atomic E-state index is 9.19. The number of benzene rings is 1. The van der Waals surface area contributed by atoms with E-state index >= 15 is 0 Å². The monoisotopic (exact) mass is 240 g/mol. The van der Waals surface area contributed by atoms with Crippen molar-refractivity contribution in [1.82, 2.24) is 0 Å². The molecule has 0 aliphatic rings. The summed E-state index contributed by atoms with van der Waals surface area (Å²) in [7, 11) is -2.42. The molecule has 1 aromatic rings. The summed E-state index contributed by atoms with van der Waals surface area (Å²) < 4.78 is 11.7. The third-order valence-electron chi connectivity index (χ3n) is 2.41. The van der Waals surface area contributed by atoms with Crippen LogP contribution in [-0.4, -0.2) is 33.5 Å². The Morgan fingerprint density at radius 1 is 1.06 bits per heavy atom. The lowest BCUT2D eigenvalue weighted by atomic mass is 10.4. The lowest BCUT2D eigenvalue weighted by Crippen LogP contribution is -2.54. The Morgan fingerprint density at radius 2 is 1.62 bits per heavy atom. The smallest absolute Gasteiger partial charge is 0.374 e. The van der Waals surface area contributed by atoms with E-state index in [1.165, 1.54) is 0 Å². The zero-order valence-electron chi connectivity index (χ0n) is 9.98. The Hall–Kier alpha value is -0.683. The summed E-state index contributed by atoms with van der Waals surface area (Å²) >= 11 is 0. The second-order valence-corrected chi connectivity index (χ2v) is 6.62. The molecule has 0 atom stereocenters. The normalized spacial score (nSPS) is 11.7. The Morgan fingerprint density at radius 3 is 2.06 bits per heavy atom. The van der Waals surface area contributed by atoms with Gasteiger partial charge in [0.05, 0.1) is 0 Å². The van der Waals surface area contributed by atoms with E-state index in [2.05, 4.69) is 0 Å². The Labute approximate surface area is 98.3 Å². The van der Waals surface area contributed by atoms with Crippen molar-refractivity contribution < 1.29 is 14.0 Å². The van der Waals surface area contributed by atoms with Crippen molar-refractivity contribution in [2.45, 2.75) is 19.9 Å². The largest absolute Gasteiger partial charge is 0.396 e. The fourth-order valence-electron chi connectivity index (χ4n) is 1.80. The van der Waals surface area contributed by atoms with Crippen molar-refractivity contribution in [3.05, 3.63) is 30.3 Å². The van der Waals surface area contributed by atoms with E-state index in [9.17, 15) is 5.11 Å². The van der Waals surface area contributed by atoms with E-state index in [1.54, 1.807) is 0 Å². The van der Waals surface area contributed by atoms with Crippen molar-refractivity contribution in [1.29, 1.82) is 0 Å². The molecule has 1 rings (SSSR count). The highest BCUT2D eigenvalue weighted by Crippen LogP contribution is 2.13. The van der Waals surface area contributed by atoms with E-state index in [-0.39, 0.29) is 6.61 Å². The Bertz CT molecular complexity index is 273. The summed E-state index contributed by atoms with van der Waals surface area (Å²) in [4.78, 5) is 0. The second-order valence-electron chi connectivity index (χ2n) is 3.46. The van der Waals surface area contributed by atoms with E-state index in [1.807, 2.05) is 44.2 Å². The Kier molecular flexibility index (Phi) is 5.69. The van der Waals surface area contributed by atoms with E-state index < -0.39 is 8.56 Å². The molecule has 0 spiro atoms. The minimum Gasteiger partial charge on any atom is -0.396 e. The van der Waals surface area contributed by atoms with Crippen LogP contribution in [0.2, 0.25) is 6.04 Å². The van der Waals surface area contributed by atoms with Crippen molar-refractivity contribution in [2.24, 2.45) is 0 Å². The summed E-state index contributed by atoms with van der Waals surface area (Å²) in [6, 6.07) is 10.6. The van der Waals surface area contributed by atoms with Gasteiger partial charge in [-0.2, -0.15) is 0 Å². The molecule has 4 heteroatoms. The molecule has 90 valence electrons. The van der Waals surface area contributed by atoms with Crippen LogP contribution in [0.25, 0.3) is 0 Å². The minimum atomic E-state index is -2.42. The standard InChI is InChI=1S/C12H20O3Si/c1-3-14-16(11-10-13,15-4-2)12-8-6-5-7-9-12/h5-9,13H,3-4,10-11H2,1-2H3. The van der Waals surface area contributed by atoms with Gasteiger partial charge in [0.1, 0.15) is 0 Å². The summed E-state index contributed by atoms with van der Waals surface area (Å²) in [6.45, 7) is 5.24. The molecule has 0 aliphatic carbocycles. The first kappa shape index (κ1) is 13.4. The highest BCUT2D eigenvalue weighted by Gasteiger charge is 2.38. The van der Waals surface area contributed by atoms with Crippen LogP contribution in [0.5, 0.6) is 0 Å². The maximum absolute atomic E-state index is 9.19. The van der Waals surface area contributed by atoms with Crippen LogP contribution >= 0.6 is 0 Å². The van der Waals surface area contributed by atoms with Crippen molar-refractivity contribution >= 4 is 13.7 Å². The summed E-state index contributed by atoms with van der Waals surface area (Å²) in [6.07, 6.45) is 0. The van der Waals surface area contributed by atoms with Gasteiger partial charge in [0.25, 0.3) is 0 Å². The summed E-state index contributed by atoms with van der Waals surface area (Å²) in [5.74, 6) is 0. The molecule has 3 nitrogen and oxygen atoms in total. The molecule has 1 aromatic carbocycles. The summed E-state index contributed by atoms with van der Waals surface area (Å²) in [5, 5.41) is 10.3. The van der Waals surface area contributed by atoms with Crippen LogP contribution in [-0.2, 0) is 8.85 Å². The fourth-order valence-corrected chi connectivity index (χ4v) is 4.72. The summed E-state index contributed by atoms with van der Waals surface area (Å²) in [5.41, 5.74) is 0. The number of rotatable bonds is 7. The zero-order valence-corrected chi connectivity index (χ0v) is 11.0. The zero-order chi connectivity index (χ0) is 11.9. The van der Waals surface area contributed by atoms with Crippen molar-refractivity contribution in [3.63, 3.8) is 0 Å². The molecule has 0 aliphatic heterocycles. The third kappa shape index (κ3) is 3.15. The van der Waals surface area contributed by atoms with Gasteiger partial charge in [-0.15, -0.1) is 0 Å². The molecule has 1 N–H and O–H groups in total. The third-order valence-corrected chi connectivity index (χ3v) is 6.01. The predicted molar refractivity (Wildman–Crippen MR) is 67.0 cm³/mol. The molecule has 16 heavy (non-hydrogen) atoms. The molecule has 0 saturated carbocycles. The van der Waals surface area contributed by atoms with Crippen LogP contribution in [0.3, 0.4) is 0 Å². The van der Waals surface area contributed by atoms with Crippen LogP contribution in [0, 0.1) is 0 Å². The molecular weight excluding hydrogens is 220 g/mol. The first-order valence-corrected chi connectivity index (χ1v) is 7.75.